The first kappa shape index (κ1) is 20.9. The Kier molecular flexibility index (Phi) is 9.49. The summed E-state index contributed by atoms with van der Waals surface area (Å²) in [4.78, 5) is 22.1. The van der Waals surface area contributed by atoms with Gasteiger partial charge < -0.3 is 0 Å². The number of unbranched alkanes of at least 4 members (excludes halogenated alkanes) is 2. The predicted octanol–water partition coefficient (Wildman–Crippen LogP) is 6.31. The molecule has 0 aliphatic heterocycles. The van der Waals surface area contributed by atoms with Crippen LogP contribution in [-0.4, -0.2) is 11.6 Å². The number of allylic oxidation sites excluding steroid dienone is 1. The summed E-state index contributed by atoms with van der Waals surface area (Å²) in [6, 6.07) is 15.4. The first-order valence-corrected chi connectivity index (χ1v) is 8.86. The van der Waals surface area contributed by atoms with Gasteiger partial charge in [0.15, 0.2) is 5.78 Å². The molecule has 0 saturated carbocycles. The van der Waals surface area contributed by atoms with E-state index in [1.54, 1.807) is 19.1 Å². The largest absolute Gasteiger partial charge is 0.291 e. The summed E-state index contributed by atoms with van der Waals surface area (Å²) in [5.41, 5.74) is 2.46. The first-order valence-electron chi connectivity index (χ1n) is 8.48. The molecular weight excluding hydrogens is 332 g/mol. The zero-order valence-electron chi connectivity index (χ0n) is 15.1. The maximum atomic E-state index is 11.3. The average Bonchev–Trinajstić information content (AvgIpc) is 2.61. The highest BCUT2D eigenvalue weighted by atomic mass is 35.5. The van der Waals surface area contributed by atoms with Crippen LogP contribution in [0.5, 0.6) is 0 Å². The van der Waals surface area contributed by atoms with Crippen LogP contribution in [0.3, 0.4) is 0 Å². The molecule has 0 radical (unpaired) electrons. The monoisotopic (exact) mass is 356 g/mol. The lowest BCUT2D eigenvalue weighted by Gasteiger charge is -2.01. The van der Waals surface area contributed by atoms with Crippen molar-refractivity contribution in [2.75, 3.05) is 0 Å². The van der Waals surface area contributed by atoms with Gasteiger partial charge in [0.1, 0.15) is 0 Å². The molecule has 0 aliphatic carbocycles. The second-order valence-electron chi connectivity index (χ2n) is 5.80. The maximum Gasteiger partial charge on any atom is 0.228 e. The van der Waals surface area contributed by atoms with Crippen LogP contribution in [0.15, 0.2) is 54.6 Å². The van der Waals surface area contributed by atoms with Gasteiger partial charge in [0.05, 0.1) is 0 Å². The van der Waals surface area contributed by atoms with E-state index >= 15 is 0 Å². The van der Waals surface area contributed by atoms with Gasteiger partial charge >= 0.3 is 0 Å². The fourth-order valence-corrected chi connectivity index (χ4v) is 2.31. The molecule has 3 heteroatoms. The van der Waals surface area contributed by atoms with E-state index in [0.29, 0.717) is 10.6 Å². The normalized spacial score (nSPS) is 10.2. The van der Waals surface area contributed by atoms with Crippen LogP contribution in [0.1, 0.15) is 54.6 Å². The molecule has 0 saturated heterocycles. The number of rotatable bonds is 6. The van der Waals surface area contributed by atoms with Crippen LogP contribution in [-0.2, 0) is 4.79 Å². The number of carbonyl (C=O) groups excluding carboxylic acids is 2. The lowest BCUT2D eigenvalue weighted by Crippen LogP contribution is -2.11. The SMILES string of the molecule is CC(=O)C(=O)c1cc(Cl)ccc1C.CCCC/C=C/c1ccccc1. The quantitative estimate of drug-likeness (QED) is 0.345. The summed E-state index contributed by atoms with van der Waals surface area (Å²) < 4.78 is 0. The molecule has 0 atom stereocenters. The molecule has 2 aromatic rings. The summed E-state index contributed by atoms with van der Waals surface area (Å²) in [6.07, 6.45) is 8.21. The van der Waals surface area contributed by atoms with Gasteiger partial charge in [-0.3, -0.25) is 9.59 Å². The van der Waals surface area contributed by atoms with E-state index < -0.39 is 11.6 Å². The van der Waals surface area contributed by atoms with Gasteiger partial charge in [0.2, 0.25) is 5.78 Å². The van der Waals surface area contributed by atoms with Gasteiger partial charge in [-0.25, -0.2) is 0 Å². The van der Waals surface area contributed by atoms with Crippen molar-refractivity contribution in [3.63, 3.8) is 0 Å². The fourth-order valence-electron chi connectivity index (χ4n) is 2.13. The first-order chi connectivity index (χ1) is 12.0. The van der Waals surface area contributed by atoms with Crippen molar-refractivity contribution in [1.29, 1.82) is 0 Å². The van der Waals surface area contributed by atoms with Crippen molar-refractivity contribution < 1.29 is 9.59 Å². The summed E-state index contributed by atoms with van der Waals surface area (Å²) in [7, 11) is 0. The van der Waals surface area contributed by atoms with Crippen LogP contribution < -0.4 is 0 Å². The van der Waals surface area contributed by atoms with Crippen molar-refractivity contribution in [3.05, 3.63) is 76.3 Å². The predicted molar refractivity (Wildman–Crippen MR) is 106 cm³/mol. The molecule has 132 valence electrons. The zero-order chi connectivity index (χ0) is 18.7. The highest BCUT2D eigenvalue weighted by Gasteiger charge is 2.13. The second-order valence-corrected chi connectivity index (χ2v) is 6.24. The van der Waals surface area contributed by atoms with Crippen LogP contribution in [0, 0.1) is 6.92 Å². The van der Waals surface area contributed by atoms with Crippen LogP contribution in [0.2, 0.25) is 5.02 Å². The molecule has 0 aromatic heterocycles. The number of ketones is 2. The van der Waals surface area contributed by atoms with E-state index in [1.165, 1.54) is 37.8 Å². The minimum absolute atomic E-state index is 0.389. The summed E-state index contributed by atoms with van der Waals surface area (Å²) in [5, 5.41) is 0.468. The van der Waals surface area contributed by atoms with Crippen molar-refractivity contribution in [3.8, 4) is 0 Å². The van der Waals surface area contributed by atoms with Gasteiger partial charge in [0, 0.05) is 17.5 Å². The number of hydrogen-bond acceptors (Lipinski definition) is 2. The highest BCUT2D eigenvalue weighted by molar-refractivity contribution is 6.43. The third-order valence-electron chi connectivity index (χ3n) is 3.60. The molecule has 0 heterocycles. The van der Waals surface area contributed by atoms with Gasteiger partial charge in [-0.1, -0.05) is 79.9 Å². The second kappa shape index (κ2) is 11.4. The molecule has 0 unspecified atom stereocenters. The lowest BCUT2D eigenvalue weighted by atomic mass is 10.0. The number of Topliss-reactive ketones (excluding diaryl/α,β-unsaturated/α-hetero) is 2. The van der Waals surface area contributed by atoms with E-state index in [4.69, 9.17) is 11.6 Å². The number of aryl methyl sites for hydroxylation is 1. The molecule has 0 spiro atoms. The third-order valence-corrected chi connectivity index (χ3v) is 3.83. The van der Waals surface area contributed by atoms with E-state index in [2.05, 4.69) is 43.3 Å². The molecule has 0 amide bonds. The standard InChI is InChI=1S/C12H16.C10H9ClO2/c1-2-3-4-6-9-12-10-7-5-8-11-12;1-6-3-4-8(11)5-9(6)10(13)7(2)12/h5-11H,2-4H2,1H3;3-5H,1-2H3/b9-6+;. The Labute approximate surface area is 155 Å². The maximum absolute atomic E-state index is 11.3. The summed E-state index contributed by atoms with van der Waals surface area (Å²) >= 11 is 5.70. The Morgan fingerprint density at radius 2 is 1.76 bits per heavy atom. The van der Waals surface area contributed by atoms with Crippen molar-refractivity contribution in [2.45, 2.75) is 40.0 Å². The zero-order valence-corrected chi connectivity index (χ0v) is 15.8. The Balaban J connectivity index is 0.000000251. The fraction of sp³-hybridized carbons (Fsp3) is 0.273. The Morgan fingerprint density at radius 1 is 1.08 bits per heavy atom. The molecule has 0 bridgehead atoms. The van der Waals surface area contributed by atoms with E-state index in [1.807, 2.05) is 6.07 Å². The van der Waals surface area contributed by atoms with Crippen LogP contribution >= 0.6 is 11.6 Å². The van der Waals surface area contributed by atoms with E-state index in [9.17, 15) is 9.59 Å². The van der Waals surface area contributed by atoms with Crippen LogP contribution in [0.25, 0.3) is 6.08 Å². The molecule has 2 aromatic carbocycles. The van der Waals surface area contributed by atoms with Gasteiger partial charge in [-0.05, 0) is 36.6 Å². The molecule has 2 nitrogen and oxygen atoms in total. The number of benzene rings is 2. The average molecular weight is 357 g/mol. The topological polar surface area (TPSA) is 34.1 Å². The number of carbonyl (C=O) groups is 2. The third kappa shape index (κ3) is 7.95. The number of hydrogen-bond donors (Lipinski definition) is 0. The Hall–Kier alpha value is -2.19. The van der Waals surface area contributed by atoms with Crippen LogP contribution in [0.4, 0.5) is 0 Å². The summed E-state index contributed by atoms with van der Waals surface area (Å²) in [6.45, 7) is 5.24. The number of halogens is 1. The van der Waals surface area contributed by atoms with E-state index in [-0.39, 0.29) is 0 Å². The van der Waals surface area contributed by atoms with Crippen molar-refractivity contribution in [2.24, 2.45) is 0 Å². The van der Waals surface area contributed by atoms with Gasteiger partial charge in [0.25, 0.3) is 0 Å². The molecule has 0 N–H and O–H groups in total. The van der Waals surface area contributed by atoms with Gasteiger partial charge in [-0.15, -0.1) is 0 Å². The lowest BCUT2D eigenvalue weighted by molar-refractivity contribution is -0.113. The Bertz CT molecular complexity index is 718. The molecule has 25 heavy (non-hydrogen) atoms. The minimum atomic E-state index is -0.486. The highest BCUT2D eigenvalue weighted by Crippen LogP contribution is 2.16. The van der Waals surface area contributed by atoms with Crippen molar-refractivity contribution >= 4 is 29.2 Å². The Morgan fingerprint density at radius 3 is 2.36 bits per heavy atom. The minimum Gasteiger partial charge on any atom is -0.291 e. The molecule has 0 aliphatic rings. The molecule has 2 rings (SSSR count). The van der Waals surface area contributed by atoms with Crippen molar-refractivity contribution in [1.82, 2.24) is 0 Å². The molecule has 0 fully saturated rings. The van der Waals surface area contributed by atoms with Gasteiger partial charge in [-0.2, -0.15) is 0 Å². The summed E-state index contributed by atoms with van der Waals surface area (Å²) in [5.74, 6) is -0.953. The van der Waals surface area contributed by atoms with E-state index in [0.717, 1.165) is 5.56 Å². The molecular formula is C22H25ClO2. The smallest absolute Gasteiger partial charge is 0.228 e.